The Kier molecular flexibility index (Phi) is 9.99. The van der Waals surface area contributed by atoms with Gasteiger partial charge in [0.2, 0.25) is 0 Å². The van der Waals surface area contributed by atoms with Crippen LogP contribution in [0.25, 0.3) is 0 Å². The minimum atomic E-state index is -0.230. The summed E-state index contributed by atoms with van der Waals surface area (Å²) < 4.78 is 12.9. The first kappa shape index (κ1) is 21.3. The lowest BCUT2D eigenvalue weighted by molar-refractivity contribution is -0.104. The summed E-state index contributed by atoms with van der Waals surface area (Å²) in [4.78, 5) is 13.0. The molecule has 138 valence electrons. The van der Waals surface area contributed by atoms with Gasteiger partial charge < -0.3 is 16.0 Å². The fraction of sp³-hybridized carbons (Fsp3) is 0.444. The van der Waals surface area contributed by atoms with E-state index in [1.807, 2.05) is 14.1 Å². The molecular weight excluding hydrogens is 343 g/mol. The fourth-order valence-corrected chi connectivity index (χ4v) is 2.74. The van der Waals surface area contributed by atoms with Gasteiger partial charge in [-0.3, -0.25) is 9.69 Å². The molecule has 3 N–H and O–H groups in total. The molecule has 0 bridgehead atoms. The summed E-state index contributed by atoms with van der Waals surface area (Å²) in [6.07, 6.45) is 3.58. The number of likely N-dealkylation sites (tertiary alicyclic amines) is 1. The number of nitrogens with zero attached hydrogens (tertiary/aromatic N) is 1. The quantitative estimate of drug-likeness (QED) is 0.410. The minimum absolute atomic E-state index is 0.0191. The number of hydrogen-bond acceptors (Lipinski definition) is 5. The molecule has 1 aromatic rings. The third-order valence-corrected chi connectivity index (χ3v) is 3.98. The van der Waals surface area contributed by atoms with Crippen LogP contribution < -0.4 is 10.6 Å². The van der Waals surface area contributed by atoms with Gasteiger partial charge in [-0.15, -0.1) is 0 Å². The van der Waals surface area contributed by atoms with E-state index in [9.17, 15) is 9.18 Å². The molecule has 0 radical (unpaired) electrons. The number of piperidine rings is 1. The highest BCUT2D eigenvalue weighted by Crippen LogP contribution is 2.16. The number of carbonyl (C=O) groups excluding carboxylic acids is 1. The van der Waals surface area contributed by atoms with Crippen LogP contribution in [0, 0.1) is 11.2 Å². The number of halogens is 2. The second-order valence-electron chi connectivity index (χ2n) is 5.87. The van der Waals surface area contributed by atoms with Crippen molar-refractivity contribution in [3.8, 4) is 0 Å². The summed E-state index contributed by atoms with van der Waals surface area (Å²) in [7, 11) is 3.75. The SMILES string of the molecule is CNC.N=C/C(NC1CCCN(Cc2ccc(F)cc2)C1)=C(/Cl)C=O. The second-order valence-corrected chi connectivity index (χ2v) is 6.28. The molecule has 1 aliphatic rings. The molecule has 1 unspecified atom stereocenters. The highest BCUT2D eigenvalue weighted by molar-refractivity contribution is 6.40. The highest BCUT2D eigenvalue weighted by atomic mass is 35.5. The van der Waals surface area contributed by atoms with E-state index in [2.05, 4.69) is 15.5 Å². The Morgan fingerprint density at radius 3 is 2.60 bits per heavy atom. The lowest BCUT2D eigenvalue weighted by Gasteiger charge is -2.33. The van der Waals surface area contributed by atoms with Gasteiger partial charge in [0.25, 0.3) is 0 Å². The van der Waals surface area contributed by atoms with Crippen molar-refractivity contribution >= 4 is 24.1 Å². The zero-order valence-electron chi connectivity index (χ0n) is 14.7. The van der Waals surface area contributed by atoms with E-state index in [1.165, 1.54) is 12.1 Å². The summed E-state index contributed by atoms with van der Waals surface area (Å²) in [5.74, 6) is -0.230. The molecule has 1 heterocycles. The van der Waals surface area contributed by atoms with Crippen LogP contribution in [0.4, 0.5) is 4.39 Å². The molecule has 1 atom stereocenters. The molecule has 0 amide bonds. The maximum absolute atomic E-state index is 12.9. The highest BCUT2D eigenvalue weighted by Gasteiger charge is 2.20. The van der Waals surface area contributed by atoms with Crippen LogP contribution in [0.2, 0.25) is 0 Å². The monoisotopic (exact) mass is 368 g/mol. The molecule has 1 aliphatic heterocycles. The molecule has 1 fully saturated rings. The Morgan fingerprint density at radius 2 is 2.04 bits per heavy atom. The van der Waals surface area contributed by atoms with Crippen molar-refractivity contribution in [1.82, 2.24) is 15.5 Å². The van der Waals surface area contributed by atoms with E-state index in [0.29, 0.717) is 12.0 Å². The fourth-order valence-electron chi connectivity index (χ4n) is 2.63. The van der Waals surface area contributed by atoms with Gasteiger partial charge in [-0.25, -0.2) is 4.39 Å². The van der Waals surface area contributed by atoms with Gasteiger partial charge in [0, 0.05) is 25.3 Å². The summed E-state index contributed by atoms with van der Waals surface area (Å²) in [6.45, 7) is 2.52. The van der Waals surface area contributed by atoms with Gasteiger partial charge >= 0.3 is 0 Å². The first-order valence-electron chi connectivity index (χ1n) is 8.21. The zero-order chi connectivity index (χ0) is 18.7. The standard InChI is InChI=1S/C16H19ClFN3O.C2H7N/c17-15(11-22)16(8-19)20-14-2-1-7-21(10-14)9-12-3-5-13(18)6-4-12;1-3-2/h3-6,8,11,14,19-20H,1-2,7,9-10H2;3H,1-2H3/b16-15-,19-8?;. The first-order chi connectivity index (χ1) is 12.0. The van der Waals surface area contributed by atoms with Gasteiger partial charge in [-0.05, 0) is 51.2 Å². The molecule has 1 aromatic carbocycles. The van der Waals surface area contributed by atoms with Crippen molar-refractivity contribution in [2.75, 3.05) is 27.2 Å². The van der Waals surface area contributed by atoms with Crippen molar-refractivity contribution in [2.24, 2.45) is 0 Å². The number of carbonyl (C=O) groups is 1. The average Bonchev–Trinajstić information content (AvgIpc) is 2.62. The predicted octanol–water partition coefficient (Wildman–Crippen LogP) is 2.51. The van der Waals surface area contributed by atoms with Gasteiger partial charge in [0.05, 0.1) is 5.70 Å². The summed E-state index contributed by atoms with van der Waals surface area (Å²) in [6, 6.07) is 6.65. The summed E-state index contributed by atoms with van der Waals surface area (Å²) in [5, 5.41) is 13.2. The van der Waals surface area contributed by atoms with E-state index in [0.717, 1.165) is 44.3 Å². The van der Waals surface area contributed by atoms with Crippen molar-refractivity contribution in [3.05, 3.63) is 46.4 Å². The number of nitrogens with one attached hydrogen (secondary N) is 3. The molecule has 7 heteroatoms. The molecule has 0 aliphatic carbocycles. The summed E-state index contributed by atoms with van der Waals surface area (Å²) in [5.41, 5.74) is 1.42. The number of rotatable bonds is 6. The van der Waals surface area contributed by atoms with Crippen LogP contribution in [0.5, 0.6) is 0 Å². The smallest absolute Gasteiger partial charge is 0.163 e. The predicted molar refractivity (Wildman–Crippen MR) is 101 cm³/mol. The van der Waals surface area contributed by atoms with E-state index in [-0.39, 0.29) is 16.9 Å². The largest absolute Gasteiger partial charge is 0.378 e. The molecule has 5 nitrogen and oxygen atoms in total. The van der Waals surface area contributed by atoms with E-state index in [4.69, 9.17) is 17.0 Å². The van der Waals surface area contributed by atoms with Gasteiger partial charge in [0.15, 0.2) is 6.29 Å². The van der Waals surface area contributed by atoms with Crippen molar-refractivity contribution in [2.45, 2.75) is 25.4 Å². The summed E-state index contributed by atoms with van der Waals surface area (Å²) >= 11 is 5.78. The normalized spacial score (nSPS) is 18.5. The van der Waals surface area contributed by atoms with Crippen molar-refractivity contribution < 1.29 is 9.18 Å². The van der Waals surface area contributed by atoms with Gasteiger partial charge in [-0.2, -0.15) is 0 Å². The minimum Gasteiger partial charge on any atom is -0.378 e. The van der Waals surface area contributed by atoms with Crippen molar-refractivity contribution in [3.63, 3.8) is 0 Å². The Hall–Kier alpha value is -1.76. The van der Waals surface area contributed by atoms with E-state index < -0.39 is 0 Å². The molecular formula is C18H26ClFN4O. The van der Waals surface area contributed by atoms with Gasteiger partial charge in [-0.1, -0.05) is 23.7 Å². The van der Waals surface area contributed by atoms with Crippen LogP contribution in [0.1, 0.15) is 18.4 Å². The number of hydrogen-bond donors (Lipinski definition) is 3. The lowest BCUT2D eigenvalue weighted by atomic mass is 10.0. The molecule has 25 heavy (non-hydrogen) atoms. The number of aldehydes is 1. The van der Waals surface area contributed by atoms with Crippen LogP contribution in [0.3, 0.4) is 0 Å². The maximum Gasteiger partial charge on any atom is 0.163 e. The first-order valence-corrected chi connectivity index (χ1v) is 8.59. The maximum atomic E-state index is 12.9. The van der Waals surface area contributed by atoms with Crippen LogP contribution in [0.15, 0.2) is 35.0 Å². The second kappa shape index (κ2) is 11.7. The Bertz CT molecular complexity index is 577. The Morgan fingerprint density at radius 1 is 1.40 bits per heavy atom. The van der Waals surface area contributed by atoms with E-state index >= 15 is 0 Å². The van der Waals surface area contributed by atoms with Crippen molar-refractivity contribution in [1.29, 1.82) is 5.41 Å². The van der Waals surface area contributed by atoms with Crippen LogP contribution in [-0.2, 0) is 11.3 Å². The molecule has 2 rings (SSSR count). The topological polar surface area (TPSA) is 68.2 Å². The zero-order valence-corrected chi connectivity index (χ0v) is 15.4. The lowest BCUT2D eigenvalue weighted by Crippen LogP contribution is -2.45. The third kappa shape index (κ3) is 7.77. The molecule has 0 saturated carbocycles. The molecule has 0 aromatic heterocycles. The third-order valence-electron chi connectivity index (χ3n) is 3.69. The Labute approximate surface area is 153 Å². The van der Waals surface area contributed by atoms with Crippen LogP contribution >= 0.6 is 11.6 Å². The van der Waals surface area contributed by atoms with Gasteiger partial charge in [0.1, 0.15) is 10.8 Å². The number of allylic oxidation sites excluding steroid dienone is 2. The average molecular weight is 369 g/mol. The van der Waals surface area contributed by atoms with E-state index in [1.54, 1.807) is 12.1 Å². The molecule has 0 spiro atoms. The number of benzene rings is 1. The van der Waals surface area contributed by atoms with Crippen LogP contribution in [-0.4, -0.2) is 50.6 Å². The molecule has 1 saturated heterocycles. The Balaban J connectivity index is 0.000000970.